The van der Waals surface area contributed by atoms with E-state index in [1.54, 1.807) is 10.9 Å². The van der Waals surface area contributed by atoms with Gasteiger partial charge < -0.3 is 5.32 Å². The van der Waals surface area contributed by atoms with E-state index in [4.69, 9.17) is 0 Å². The third-order valence-corrected chi connectivity index (χ3v) is 5.75. The molecule has 2 aromatic heterocycles. The SMILES string of the molecule is Cc1nn(C)c2ncc(C(=O)N[C@@H](C)[C@@H]3CCN(Cc4ccccc4)C3)cc12. The highest BCUT2D eigenvalue weighted by Gasteiger charge is 2.28. The highest BCUT2D eigenvalue weighted by Crippen LogP contribution is 2.22. The van der Waals surface area contributed by atoms with Gasteiger partial charge in [-0.2, -0.15) is 5.10 Å². The van der Waals surface area contributed by atoms with E-state index < -0.39 is 0 Å². The lowest BCUT2D eigenvalue weighted by molar-refractivity contribution is 0.0927. The number of pyridine rings is 1. The summed E-state index contributed by atoms with van der Waals surface area (Å²) in [6.45, 7) is 7.10. The van der Waals surface area contributed by atoms with E-state index in [-0.39, 0.29) is 11.9 Å². The molecule has 1 fully saturated rings. The highest BCUT2D eigenvalue weighted by molar-refractivity contribution is 5.97. The van der Waals surface area contributed by atoms with Crippen LogP contribution in [0.5, 0.6) is 0 Å². The fourth-order valence-electron chi connectivity index (χ4n) is 4.10. The van der Waals surface area contributed by atoms with Crippen LogP contribution in [0.3, 0.4) is 0 Å². The maximum Gasteiger partial charge on any atom is 0.253 e. The van der Waals surface area contributed by atoms with Crippen molar-refractivity contribution in [1.29, 1.82) is 0 Å². The molecule has 146 valence electrons. The van der Waals surface area contributed by atoms with Crippen LogP contribution in [0.4, 0.5) is 0 Å². The summed E-state index contributed by atoms with van der Waals surface area (Å²) in [6, 6.07) is 12.6. The summed E-state index contributed by atoms with van der Waals surface area (Å²) in [7, 11) is 1.87. The van der Waals surface area contributed by atoms with Crippen LogP contribution in [0.2, 0.25) is 0 Å². The highest BCUT2D eigenvalue weighted by atomic mass is 16.1. The lowest BCUT2D eigenvalue weighted by Crippen LogP contribution is -2.39. The van der Waals surface area contributed by atoms with Crippen LogP contribution >= 0.6 is 0 Å². The molecule has 3 aromatic rings. The van der Waals surface area contributed by atoms with Gasteiger partial charge in [0.2, 0.25) is 0 Å². The summed E-state index contributed by atoms with van der Waals surface area (Å²) in [5.74, 6) is 0.399. The molecule has 4 rings (SSSR count). The van der Waals surface area contributed by atoms with Gasteiger partial charge in [0.1, 0.15) is 0 Å². The zero-order valence-corrected chi connectivity index (χ0v) is 16.7. The van der Waals surface area contributed by atoms with Crippen molar-refractivity contribution in [2.24, 2.45) is 13.0 Å². The van der Waals surface area contributed by atoms with Crippen molar-refractivity contribution in [2.45, 2.75) is 32.9 Å². The number of likely N-dealkylation sites (tertiary alicyclic amines) is 1. The number of rotatable bonds is 5. The van der Waals surface area contributed by atoms with Crippen molar-refractivity contribution < 1.29 is 4.79 Å². The minimum Gasteiger partial charge on any atom is -0.349 e. The molecule has 2 atom stereocenters. The molecule has 3 heterocycles. The Kier molecular flexibility index (Phi) is 5.13. The number of hydrogen-bond donors (Lipinski definition) is 1. The van der Waals surface area contributed by atoms with E-state index in [0.29, 0.717) is 11.5 Å². The molecule has 0 bridgehead atoms. The molecule has 1 aliphatic rings. The molecular formula is C22H27N5O. The normalized spacial score (nSPS) is 18.5. The number of hydrogen-bond acceptors (Lipinski definition) is 4. The van der Waals surface area contributed by atoms with E-state index >= 15 is 0 Å². The number of fused-ring (bicyclic) bond motifs is 1. The number of aryl methyl sites for hydroxylation is 2. The fourth-order valence-corrected chi connectivity index (χ4v) is 4.10. The molecule has 0 radical (unpaired) electrons. The molecule has 0 spiro atoms. The second-order valence-corrected chi connectivity index (χ2v) is 7.84. The first-order valence-corrected chi connectivity index (χ1v) is 9.88. The molecule has 28 heavy (non-hydrogen) atoms. The number of nitrogens with zero attached hydrogens (tertiary/aromatic N) is 4. The molecular weight excluding hydrogens is 350 g/mol. The zero-order chi connectivity index (χ0) is 19.7. The van der Waals surface area contributed by atoms with Gasteiger partial charge in [-0.05, 0) is 44.4 Å². The topological polar surface area (TPSA) is 63.1 Å². The molecule has 6 heteroatoms. The largest absolute Gasteiger partial charge is 0.349 e. The van der Waals surface area contributed by atoms with Crippen LogP contribution in [0, 0.1) is 12.8 Å². The van der Waals surface area contributed by atoms with Crippen molar-refractivity contribution in [1.82, 2.24) is 25.0 Å². The smallest absolute Gasteiger partial charge is 0.253 e. The average Bonchev–Trinajstić information content (AvgIpc) is 3.27. The Balaban J connectivity index is 1.37. The maximum absolute atomic E-state index is 12.8. The molecule has 0 saturated carbocycles. The summed E-state index contributed by atoms with van der Waals surface area (Å²) in [5.41, 5.74) is 3.62. The second-order valence-electron chi connectivity index (χ2n) is 7.84. The van der Waals surface area contributed by atoms with Gasteiger partial charge in [0, 0.05) is 37.8 Å². The Hall–Kier alpha value is -2.73. The Morgan fingerprint density at radius 1 is 1.32 bits per heavy atom. The summed E-state index contributed by atoms with van der Waals surface area (Å²) in [5, 5.41) is 8.48. The average molecular weight is 377 g/mol. The zero-order valence-electron chi connectivity index (χ0n) is 16.7. The quantitative estimate of drug-likeness (QED) is 0.743. The lowest BCUT2D eigenvalue weighted by atomic mass is 10.00. The van der Waals surface area contributed by atoms with Crippen molar-refractivity contribution in [3.05, 3.63) is 59.4 Å². The van der Waals surface area contributed by atoms with Crippen molar-refractivity contribution >= 4 is 16.9 Å². The van der Waals surface area contributed by atoms with Crippen molar-refractivity contribution in [3.63, 3.8) is 0 Å². The summed E-state index contributed by atoms with van der Waals surface area (Å²) in [4.78, 5) is 19.6. The minimum atomic E-state index is -0.0633. The van der Waals surface area contributed by atoms with Crippen LogP contribution in [0.1, 0.15) is 35.0 Å². The summed E-state index contributed by atoms with van der Waals surface area (Å²) in [6.07, 6.45) is 2.75. The predicted octanol–water partition coefficient (Wildman–Crippen LogP) is 2.92. The Morgan fingerprint density at radius 3 is 2.89 bits per heavy atom. The van der Waals surface area contributed by atoms with Crippen molar-refractivity contribution in [2.75, 3.05) is 13.1 Å². The van der Waals surface area contributed by atoms with Gasteiger partial charge in [0.15, 0.2) is 5.65 Å². The fraction of sp³-hybridized carbons (Fsp3) is 0.409. The molecule has 1 amide bonds. The third-order valence-electron chi connectivity index (χ3n) is 5.75. The van der Waals surface area contributed by atoms with Gasteiger partial charge >= 0.3 is 0 Å². The monoisotopic (exact) mass is 377 g/mol. The summed E-state index contributed by atoms with van der Waals surface area (Å²) < 4.78 is 1.74. The number of benzene rings is 1. The number of carbonyl (C=O) groups excluding carboxylic acids is 1. The maximum atomic E-state index is 12.8. The van der Waals surface area contributed by atoms with Gasteiger partial charge in [-0.3, -0.25) is 14.4 Å². The Labute approximate surface area is 165 Å². The van der Waals surface area contributed by atoms with Crippen LogP contribution < -0.4 is 5.32 Å². The van der Waals surface area contributed by atoms with Gasteiger partial charge in [0.05, 0.1) is 11.3 Å². The van der Waals surface area contributed by atoms with Crippen LogP contribution in [0.25, 0.3) is 11.0 Å². The first-order chi connectivity index (χ1) is 13.5. The van der Waals surface area contributed by atoms with Crippen molar-refractivity contribution in [3.8, 4) is 0 Å². The molecule has 0 aliphatic carbocycles. The molecule has 1 aromatic carbocycles. The number of amides is 1. The molecule has 0 unspecified atom stereocenters. The second kappa shape index (κ2) is 7.72. The van der Waals surface area contributed by atoms with E-state index in [1.165, 1.54) is 5.56 Å². The molecule has 1 aliphatic heterocycles. The van der Waals surface area contributed by atoms with E-state index in [9.17, 15) is 4.79 Å². The first kappa shape index (κ1) is 18.6. The molecule has 6 nitrogen and oxygen atoms in total. The third kappa shape index (κ3) is 3.78. The minimum absolute atomic E-state index is 0.0633. The van der Waals surface area contributed by atoms with Crippen LogP contribution in [0.15, 0.2) is 42.6 Å². The lowest BCUT2D eigenvalue weighted by Gasteiger charge is -2.22. The number of carbonyl (C=O) groups is 1. The van der Waals surface area contributed by atoms with E-state index in [1.807, 2.05) is 26.1 Å². The number of aromatic nitrogens is 3. The summed E-state index contributed by atoms with van der Waals surface area (Å²) >= 11 is 0. The first-order valence-electron chi connectivity index (χ1n) is 9.88. The molecule has 1 N–H and O–H groups in total. The standard InChI is InChI=1S/C22H27N5O/c1-15(18-9-10-27(14-18)13-17-7-5-4-6-8-17)24-22(28)19-11-20-16(2)25-26(3)21(20)23-12-19/h4-8,11-12,15,18H,9-10,13-14H2,1-3H3,(H,24,28)/t15-,18+/m0/s1. The molecule has 1 saturated heterocycles. The Bertz CT molecular complexity index is 981. The van der Waals surface area contributed by atoms with E-state index in [0.717, 1.165) is 42.8 Å². The Morgan fingerprint density at radius 2 is 2.11 bits per heavy atom. The van der Waals surface area contributed by atoms with E-state index in [2.05, 4.69) is 51.5 Å². The number of nitrogens with one attached hydrogen (secondary N) is 1. The predicted molar refractivity (Wildman–Crippen MR) is 110 cm³/mol. The van der Waals surface area contributed by atoms with Gasteiger partial charge in [-0.15, -0.1) is 0 Å². The van der Waals surface area contributed by atoms with Gasteiger partial charge in [-0.1, -0.05) is 30.3 Å². The van der Waals surface area contributed by atoms with Crippen LogP contribution in [-0.4, -0.2) is 44.7 Å². The van der Waals surface area contributed by atoms with Gasteiger partial charge in [0.25, 0.3) is 5.91 Å². The van der Waals surface area contributed by atoms with Crippen LogP contribution in [-0.2, 0) is 13.6 Å². The van der Waals surface area contributed by atoms with Gasteiger partial charge in [-0.25, -0.2) is 4.98 Å².